The Morgan fingerprint density at radius 1 is 1.19 bits per heavy atom. The van der Waals surface area contributed by atoms with Gasteiger partial charge in [-0.15, -0.1) is 0 Å². The molecule has 0 amide bonds. The van der Waals surface area contributed by atoms with Gasteiger partial charge in [0.2, 0.25) is 0 Å². The van der Waals surface area contributed by atoms with Crippen LogP contribution in [-0.2, 0) is 0 Å². The molecule has 0 aliphatic carbocycles. The Labute approximate surface area is 140 Å². The van der Waals surface area contributed by atoms with Gasteiger partial charge in [-0.3, -0.25) is 0 Å². The quantitative estimate of drug-likeness (QED) is 0.755. The monoisotopic (exact) mass is 411 g/mol. The Bertz CT molecular complexity index is 661. The van der Waals surface area contributed by atoms with Crippen LogP contribution in [0.25, 0.3) is 0 Å². The Balaban J connectivity index is 1.86. The third-order valence-electron chi connectivity index (χ3n) is 3.50. The van der Waals surface area contributed by atoms with Gasteiger partial charge in [-0.1, -0.05) is 15.9 Å². The van der Waals surface area contributed by atoms with Crippen molar-refractivity contribution in [3.63, 3.8) is 0 Å². The van der Waals surface area contributed by atoms with Gasteiger partial charge < -0.3 is 14.8 Å². The van der Waals surface area contributed by atoms with Crippen molar-refractivity contribution in [1.82, 2.24) is 0 Å². The summed E-state index contributed by atoms with van der Waals surface area (Å²) < 4.78 is 13.0. The molecule has 0 bridgehead atoms. The van der Waals surface area contributed by atoms with E-state index in [-0.39, 0.29) is 6.04 Å². The van der Waals surface area contributed by atoms with Crippen LogP contribution in [0.2, 0.25) is 0 Å². The molecular formula is C16H15Br2NO2. The lowest BCUT2D eigenvalue weighted by Gasteiger charge is -2.28. The highest BCUT2D eigenvalue weighted by Crippen LogP contribution is 2.37. The van der Waals surface area contributed by atoms with Crippen molar-refractivity contribution < 1.29 is 9.47 Å². The van der Waals surface area contributed by atoms with Gasteiger partial charge in [0.1, 0.15) is 11.5 Å². The minimum absolute atomic E-state index is 0.242. The van der Waals surface area contributed by atoms with Crippen LogP contribution in [0.5, 0.6) is 11.5 Å². The van der Waals surface area contributed by atoms with Gasteiger partial charge in [0.15, 0.2) is 0 Å². The molecule has 0 saturated carbocycles. The molecule has 1 aliphatic heterocycles. The number of fused-ring (bicyclic) bond motifs is 1. The fourth-order valence-electron chi connectivity index (χ4n) is 2.47. The van der Waals surface area contributed by atoms with Gasteiger partial charge in [-0.25, -0.2) is 0 Å². The van der Waals surface area contributed by atoms with Crippen molar-refractivity contribution in [3.05, 3.63) is 50.9 Å². The molecule has 0 aromatic heterocycles. The summed E-state index contributed by atoms with van der Waals surface area (Å²) in [6.45, 7) is 0.726. The Hall–Kier alpha value is -1.20. The van der Waals surface area contributed by atoms with E-state index >= 15 is 0 Å². The normalized spacial score (nSPS) is 16.8. The maximum Gasteiger partial charge on any atom is 0.133 e. The van der Waals surface area contributed by atoms with Crippen LogP contribution < -0.4 is 14.8 Å². The van der Waals surface area contributed by atoms with Crippen molar-refractivity contribution in [2.75, 3.05) is 19.0 Å². The van der Waals surface area contributed by atoms with E-state index in [0.29, 0.717) is 0 Å². The SMILES string of the molecule is COc1ccc(NC2CCOc3ccc(Br)cc32)cc1Br. The Morgan fingerprint density at radius 2 is 2.05 bits per heavy atom. The average molecular weight is 413 g/mol. The first kappa shape index (κ1) is 14.7. The molecule has 1 N–H and O–H groups in total. The van der Waals surface area contributed by atoms with Crippen LogP contribution in [0.4, 0.5) is 5.69 Å². The number of methoxy groups -OCH3 is 1. The van der Waals surface area contributed by atoms with Crippen molar-refractivity contribution in [2.24, 2.45) is 0 Å². The summed E-state index contributed by atoms with van der Waals surface area (Å²) in [6.07, 6.45) is 0.938. The fraction of sp³-hybridized carbons (Fsp3) is 0.250. The highest BCUT2D eigenvalue weighted by molar-refractivity contribution is 9.10. The molecule has 1 unspecified atom stereocenters. The number of nitrogens with one attached hydrogen (secondary N) is 1. The van der Waals surface area contributed by atoms with Gasteiger partial charge in [0.25, 0.3) is 0 Å². The van der Waals surface area contributed by atoms with E-state index in [2.05, 4.69) is 43.2 Å². The second-order valence-electron chi connectivity index (χ2n) is 4.87. The minimum atomic E-state index is 0.242. The van der Waals surface area contributed by atoms with Crippen LogP contribution >= 0.6 is 31.9 Å². The van der Waals surface area contributed by atoms with Gasteiger partial charge in [-0.05, 0) is 52.3 Å². The average Bonchev–Trinajstić information content (AvgIpc) is 2.48. The largest absolute Gasteiger partial charge is 0.496 e. The molecular weight excluding hydrogens is 398 g/mol. The van der Waals surface area contributed by atoms with E-state index in [1.54, 1.807) is 7.11 Å². The van der Waals surface area contributed by atoms with Crippen molar-refractivity contribution >= 4 is 37.5 Å². The molecule has 0 spiro atoms. The molecule has 2 aromatic carbocycles. The Kier molecular flexibility index (Phi) is 4.40. The highest BCUT2D eigenvalue weighted by atomic mass is 79.9. The molecule has 1 atom stereocenters. The summed E-state index contributed by atoms with van der Waals surface area (Å²) in [6, 6.07) is 12.4. The smallest absolute Gasteiger partial charge is 0.133 e. The molecule has 0 saturated heterocycles. The zero-order chi connectivity index (χ0) is 14.8. The number of ether oxygens (including phenoxy) is 2. The number of halogens is 2. The number of benzene rings is 2. The summed E-state index contributed by atoms with van der Waals surface area (Å²) in [7, 11) is 1.67. The summed E-state index contributed by atoms with van der Waals surface area (Å²) in [5.41, 5.74) is 2.24. The van der Waals surface area contributed by atoms with E-state index in [1.165, 1.54) is 5.56 Å². The molecule has 110 valence electrons. The molecule has 3 nitrogen and oxygen atoms in total. The first-order valence-electron chi connectivity index (χ1n) is 6.69. The van der Waals surface area contributed by atoms with E-state index in [1.807, 2.05) is 30.3 Å². The number of hydrogen-bond donors (Lipinski definition) is 1. The van der Waals surface area contributed by atoms with Gasteiger partial charge >= 0.3 is 0 Å². The van der Waals surface area contributed by atoms with E-state index < -0.39 is 0 Å². The molecule has 0 radical (unpaired) electrons. The Morgan fingerprint density at radius 3 is 2.81 bits per heavy atom. The van der Waals surface area contributed by atoms with Crippen LogP contribution in [0.1, 0.15) is 18.0 Å². The summed E-state index contributed by atoms with van der Waals surface area (Å²) in [5.74, 6) is 1.78. The molecule has 2 aromatic rings. The van der Waals surface area contributed by atoms with Crippen LogP contribution in [0.3, 0.4) is 0 Å². The zero-order valence-corrected chi connectivity index (χ0v) is 14.7. The molecule has 1 heterocycles. The first-order chi connectivity index (χ1) is 10.2. The van der Waals surface area contributed by atoms with Crippen LogP contribution in [0.15, 0.2) is 45.3 Å². The number of hydrogen-bond acceptors (Lipinski definition) is 3. The first-order valence-corrected chi connectivity index (χ1v) is 8.28. The summed E-state index contributed by atoms with van der Waals surface area (Å²) in [4.78, 5) is 0. The second kappa shape index (κ2) is 6.28. The van der Waals surface area contributed by atoms with Gasteiger partial charge in [-0.2, -0.15) is 0 Å². The van der Waals surface area contributed by atoms with Crippen LogP contribution in [0, 0.1) is 0 Å². The van der Waals surface area contributed by atoms with Gasteiger partial charge in [0, 0.05) is 22.1 Å². The number of rotatable bonds is 3. The third-order valence-corrected chi connectivity index (χ3v) is 4.62. The predicted molar refractivity (Wildman–Crippen MR) is 91.3 cm³/mol. The lowest BCUT2D eigenvalue weighted by Crippen LogP contribution is -2.20. The molecule has 3 rings (SSSR count). The van der Waals surface area contributed by atoms with Crippen LogP contribution in [-0.4, -0.2) is 13.7 Å². The summed E-state index contributed by atoms with van der Waals surface area (Å²) in [5, 5.41) is 3.57. The highest BCUT2D eigenvalue weighted by Gasteiger charge is 2.21. The van der Waals surface area contributed by atoms with E-state index in [4.69, 9.17) is 9.47 Å². The fourth-order valence-corrected chi connectivity index (χ4v) is 3.39. The number of anilines is 1. The van der Waals surface area contributed by atoms with E-state index in [9.17, 15) is 0 Å². The topological polar surface area (TPSA) is 30.5 Å². The molecule has 0 fully saturated rings. The molecule has 1 aliphatic rings. The third kappa shape index (κ3) is 3.19. The maximum atomic E-state index is 5.72. The van der Waals surface area contributed by atoms with Crippen molar-refractivity contribution in [3.8, 4) is 11.5 Å². The predicted octanol–water partition coefficient (Wildman–Crippen LogP) is 5.16. The van der Waals surface area contributed by atoms with E-state index in [0.717, 1.165) is 39.2 Å². The lowest BCUT2D eigenvalue weighted by atomic mass is 10.0. The molecule has 5 heteroatoms. The minimum Gasteiger partial charge on any atom is -0.496 e. The second-order valence-corrected chi connectivity index (χ2v) is 6.64. The lowest BCUT2D eigenvalue weighted by molar-refractivity contribution is 0.274. The van der Waals surface area contributed by atoms with Crippen molar-refractivity contribution in [2.45, 2.75) is 12.5 Å². The molecule has 21 heavy (non-hydrogen) atoms. The summed E-state index contributed by atoms with van der Waals surface area (Å²) >= 11 is 7.04. The zero-order valence-electron chi connectivity index (χ0n) is 11.5. The van der Waals surface area contributed by atoms with Crippen molar-refractivity contribution in [1.29, 1.82) is 0 Å². The van der Waals surface area contributed by atoms with Gasteiger partial charge in [0.05, 0.1) is 24.2 Å². The standard InChI is InChI=1S/C16H15Br2NO2/c1-20-16-5-3-11(9-13(16)18)19-14-6-7-21-15-4-2-10(17)8-12(14)15/h2-5,8-9,14,19H,6-7H2,1H3. The maximum absolute atomic E-state index is 5.72.